The first-order chi connectivity index (χ1) is 12.9. The van der Waals surface area contributed by atoms with Gasteiger partial charge in [0.25, 0.3) is 0 Å². The molecule has 0 aromatic carbocycles. The standard InChI is InChI=1S/C18H19N5O3S/c1-11(24)22-17-8-12(4-6-20-17)15-10-21-16(9-19)18-14(15)5-7-23(18)27(25,26)13-2-3-13/h4-8,10,13H,2-3,9,19H2,1H3,(H,20,22,24). The van der Waals surface area contributed by atoms with Gasteiger partial charge < -0.3 is 11.1 Å². The second kappa shape index (κ2) is 6.43. The number of rotatable bonds is 5. The van der Waals surface area contributed by atoms with Crippen LogP contribution in [0.4, 0.5) is 5.82 Å². The van der Waals surface area contributed by atoms with Crippen LogP contribution < -0.4 is 11.1 Å². The van der Waals surface area contributed by atoms with E-state index in [4.69, 9.17) is 5.73 Å². The molecule has 0 bridgehead atoms. The van der Waals surface area contributed by atoms with Gasteiger partial charge in [0.15, 0.2) is 0 Å². The fourth-order valence-corrected chi connectivity index (χ4v) is 4.89. The van der Waals surface area contributed by atoms with Crippen molar-refractivity contribution in [1.82, 2.24) is 13.9 Å². The summed E-state index contributed by atoms with van der Waals surface area (Å²) in [5, 5.41) is 3.05. The molecule has 0 unspecified atom stereocenters. The molecule has 4 rings (SSSR count). The second-order valence-electron chi connectivity index (χ2n) is 6.55. The highest BCUT2D eigenvalue weighted by Crippen LogP contribution is 2.36. The summed E-state index contributed by atoms with van der Waals surface area (Å²) in [7, 11) is -3.45. The number of hydrogen-bond acceptors (Lipinski definition) is 6. The second-order valence-corrected chi connectivity index (χ2v) is 8.64. The molecule has 0 spiro atoms. The van der Waals surface area contributed by atoms with Crippen LogP contribution in [-0.4, -0.2) is 33.5 Å². The number of amides is 1. The van der Waals surface area contributed by atoms with Crippen molar-refractivity contribution in [3.63, 3.8) is 0 Å². The third-order valence-corrected chi connectivity index (χ3v) is 6.72. The maximum absolute atomic E-state index is 12.8. The zero-order valence-corrected chi connectivity index (χ0v) is 15.5. The Balaban J connectivity index is 1.91. The first kappa shape index (κ1) is 17.6. The van der Waals surface area contributed by atoms with Gasteiger partial charge in [-0.3, -0.25) is 9.78 Å². The lowest BCUT2D eigenvalue weighted by molar-refractivity contribution is -0.114. The predicted octanol–water partition coefficient (Wildman–Crippen LogP) is 1.86. The Morgan fingerprint density at radius 3 is 2.78 bits per heavy atom. The first-order valence-corrected chi connectivity index (χ1v) is 10.1. The molecule has 1 saturated carbocycles. The van der Waals surface area contributed by atoms with Gasteiger partial charge in [-0.2, -0.15) is 0 Å². The van der Waals surface area contributed by atoms with Gasteiger partial charge in [0.2, 0.25) is 15.9 Å². The molecule has 9 heteroatoms. The van der Waals surface area contributed by atoms with Gasteiger partial charge in [0.05, 0.1) is 16.5 Å². The van der Waals surface area contributed by atoms with E-state index < -0.39 is 10.0 Å². The largest absolute Gasteiger partial charge is 0.325 e. The number of anilines is 1. The molecular formula is C18H19N5O3S. The number of fused-ring (bicyclic) bond motifs is 1. The maximum atomic E-state index is 12.8. The zero-order valence-electron chi connectivity index (χ0n) is 14.7. The molecule has 3 aromatic rings. The Morgan fingerprint density at radius 2 is 2.11 bits per heavy atom. The topological polar surface area (TPSA) is 120 Å². The average Bonchev–Trinajstić information content (AvgIpc) is 3.40. The van der Waals surface area contributed by atoms with Crippen LogP contribution in [0.5, 0.6) is 0 Å². The summed E-state index contributed by atoms with van der Waals surface area (Å²) in [6, 6.07) is 5.28. The van der Waals surface area contributed by atoms with Crippen LogP contribution in [0.3, 0.4) is 0 Å². The summed E-state index contributed by atoms with van der Waals surface area (Å²) in [5.41, 5.74) is 8.38. The number of nitrogens with zero attached hydrogens (tertiary/aromatic N) is 3. The van der Waals surface area contributed by atoms with Crippen LogP contribution in [0.1, 0.15) is 25.5 Å². The number of aromatic nitrogens is 3. The lowest BCUT2D eigenvalue weighted by Gasteiger charge is -2.11. The van der Waals surface area contributed by atoms with Crippen LogP contribution in [0.25, 0.3) is 22.0 Å². The molecule has 3 heterocycles. The van der Waals surface area contributed by atoms with Crippen molar-refractivity contribution in [3.8, 4) is 11.1 Å². The highest BCUT2D eigenvalue weighted by Gasteiger charge is 2.38. The summed E-state index contributed by atoms with van der Waals surface area (Å²) in [4.78, 5) is 19.8. The van der Waals surface area contributed by atoms with Gasteiger partial charge in [-0.1, -0.05) is 0 Å². The Kier molecular flexibility index (Phi) is 4.20. The minimum atomic E-state index is -3.45. The van der Waals surface area contributed by atoms with E-state index in [0.29, 0.717) is 29.9 Å². The van der Waals surface area contributed by atoms with Crippen LogP contribution in [0.2, 0.25) is 0 Å². The number of nitrogens with two attached hydrogens (primary N) is 1. The van der Waals surface area contributed by atoms with E-state index >= 15 is 0 Å². The summed E-state index contributed by atoms with van der Waals surface area (Å²) in [5.74, 6) is 0.198. The van der Waals surface area contributed by atoms with Crippen molar-refractivity contribution in [3.05, 3.63) is 42.5 Å². The van der Waals surface area contributed by atoms with Crippen molar-refractivity contribution in [2.75, 3.05) is 5.32 Å². The number of nitrogens with one attached hydrogen (secondary N) is 1. The highest BCUT2D eigenvalue weighted by molar-refractivity contribution is 7.91. The minimum absolute atomic E-state index is 0.133. The van der Waals surface area contributed by atoms with E-state index in [0.717, 1.165) is 16.5 Å². The lowest BCUT2D eigenvalue weighted by Crippen LogP contribution is -2.18. The van der Waals surface area contributed by atoms with E-state index in [1.807, 2.05) is 0 Å². The molecule has 1 aliphatic rings. The Morgan fingerprint density at radius 1 is 1.33 bits per heavy atom. The zero-order chi connectivity index (χ0) is 19.2. The first-order valence-electron chi connectivity index (χ1n) is 8.59. The summed E-state index contributed by atoms with van der Waals surface area (Å²) < 4.78 is 26.9. The van der Waals surface area contributed by atoms with Gasteiger partial charge in [0, 0.05) is 43.0 Å². The minimum Gasteiger partial charge on any atom is -0.325 e. The summed E-state index contributed by atoms with van der Waals surface area (Å²) in [6.07, 6.45) is 6.18. The molecule has 27 heavy (non-hydrogen) atoms. The van der Waals surface area contributed by atoms with Gasteiger partial charge in [-0.05, 0) is 36.6 Å². The van der Waals surface area contributed by atoms with Gasteiger partial charge in [-0.15, -0.1) is 0 Å². The predicted molar refractivity (Wildman–Crippen MR) is 102 cm³/mol. The molecule has 0 saturated heterocycles. The van der Waals surface area contributed by atoms with Crippen molar-refractivity contribution >= 4 is 32.7 Å². The van der Waals surface area contributed by atoms with E-state index in [1.165, 1.54) is 10.9 Å². The van der Waals surface area contributed by atoms with Gasteiger partial charge in [0.1, 0.15) is 5.82 Å². The summed E-state index contributed by atoms with van der Waals surface area (Å²) >= 11 is 0. The monoisotopic (exact) mass is 385 g/mol. The molecule has 0 atom stereocenters. The number of carbonyl (C=O) groups is 1. The molecule has 0 radical (unpaired) electrons. The molecule has 140 valence electrons. The molecule has 8 nitrogen and oxygen atoms in total. The van der Waals surface area contributed by atoms with Crippen molar-refractivity contribution < 1.29 is 13.2 Å². The molecule has 1 aliphatic carbocycles. The van der Waals surface area contributed by atoms with E-state index in [9.17, 15) is 13.2 Å². The average molecular weight is 385 g/mol. The number of carbonyl (C=O) groups excluding carboxylic acids is 1. The Labute approximate surface area is 156 Å². The maximum Gasteiger partial charge on any atom is 0.241 e. The number of hydrogen-bond donors (Lipinski definition) is 2. The molecule has 3 aromatic heterocycles. The van der Waals surface area contributed by atoms with Crippen molar-refractivity contribution in [2.24, 2.45) is 5.73 Å². The highest BCUT2D eigenvalue weighted by atomic mass is 32.2. The quantitative estimate of drug-likeness (QED) is 0.692. The van der Waals surface area contributed by atoms with Crippen molar-refractivity contribution in [1.29, 1.82) is 0 Å². The SMILES string of the molecule is CC(=O)Nc1cc(-c2cnc(CN)c3c2ccn3S(=O)(=O)C2CC2)ccn1. The Bertz CT molecular complexity index is 1150. The normalized spacial score (nSPS) is 14.4. The summed E-state index contributed by atoms with van der Waals surface area (Å²) in [6.45, 7) is 1.54. The van der Waals surface area contributed by atoms with E-state index in [-0.39, 0.29) is 17.7 Å². The van der Waals surface area contributed by atoms with E-state index in [1.54, 1.807) is 36.8 Å². The molecular weight excluding hydrogens is 366 g/mol. The lowest BCUT2D eigenvalue weighted by atomic mass is 10.0. The van der Waals surface area contributed by atoms with Gasteiger partial charge >= 0.3 is 0 Å². The fourth-order valence-electron chi connectivity index (χ4n) is 3.15. The van der Waals surface area contributed by atoms with Crippen LogP contribution in [0, 0.1) is 0 Å². The van der Waals surface area contributed by atoms with Gasteiger partial charge in [-0.25, -0.2) is 17.4 Å². The van der Waals surface area contributed by atoms with Crippen LogP contribution in [0.15, 0.2) is 36.8 Å². The molecule has 3 N–H and O–H groups in total. The fraction of sp³-hybridized carbons (Fsp3) is 0.278. The molecule has 1 amide bonds. The molecule has 0 aliphatic heterocycles. The van der Waals surface area contributed by atoms with E-state index in [2.05, 4.69) is 15.3 Å². The molecule has 1 fully saturated rings. The third-order valence-electron chi connectivity index (χ3n) is 4.55. The Hall–Kier alpha value is -2.78. The third kappa shape index (κ3) is 3.08. The number of pyridine rings is 2. The smallest absolute Gasteiger partial charge is 0.241 e. The van der Waals surface area contributed by atoms with Crippen LogP contribution >= 0.6 is 0 Å². The van der Waals surface area contributed by atoms with Crippen LogP contribution in [-0.2, 0) is 21.4 Å². The van der Waals surface area contributed by atoms with Crippen molar-refractivity contribution in [2.45, 2.75) is 31.6 Å².